The van der Waals surface area contributed by atoms with E-state index in [0.717, 1.165) is 18.8 Å². The predicted octanol–water partition coefficient (Wildman–Crippen LogP) is 2.65. The van der Waals surface area contributed by atoms with Crippen LogP contribution in [0.1, 0.15) is 40.0 Å². The van der Waals surface area contributed by atoms with Crippen molar-refractivity contribution in [2.24, 2.45) is 17.8 Å². The van der Waals surface area contributed by atoms with Crippen LogP contribution in [0.15, 0.2) is 0 Å². The number of Topliss-reactive ketones (excluding diaryl/α,β-unsaturated/α-hetero) is 1. The smallest absolute Gasteiger partial charge is 0.138 e. The summed E-state index contributed by atoms with van der Waals surface area (Å²) in [5.41, 5.74) is 0. The first-order valence-corrected chi connectivity index (χ1v) is 4.65. The second-order valence-electron chi connectivity index (χ2n) is 4.17. The SMILES string of the molecule is CC1CCC(C(=O)C(C)C)C1. The van der Waals surface area contributed by atoms with Gasteiger partial charge in [0.05, 0.1) is 0 Å². The highest BCUT2D eigenvalue weighted by Crippen LogP contribution is 2.32. The molecule has 0 amide bonds. The molecule has 0 aliphatic heterocycles. The van der Waals surface area contributed by atoms with Gasteiger partial charge in [0.15, 0.2) is 0 Å². The lowest BCUT2D eigenvalue weighted by Gasteiger charge is -2.10. The molecule has 0 heterocycles. The fourth-order valence-electron chi connectivity index (χ4n) is 1.94. The summed E-state index contributed by atoms with van der Waals surface area (Å²) in [5, 5.41) is 0. The van der Waals surface area contributed by atoms with Crippen molar-refractivity contribution >= 4 is 5.78 Å². The Labute approximate surface area is 69.2 Å². The fourth-order valence-corrected chi connectivity index (χ4v) is 1.94. The zero-order valence-corrected chi connectivity index (χ0v) is 7.76. The molecule has 1 aliphatic rings. The summed E-state index contributed by atoms with van der Waals surface area (Å²) in [7, 11) is 0. The molecule has 0 spiro atoms. The molecule has 11 heavy (non-hydrogen) atoms. The maximum Gasteiger partial charge on any atom is 0.138 e. The summed E-state index contributed by atoms with van der Waals surface area (Å²) in [6, 6.07) is 0. The van der Waals surface area contributed by atoms with Crippen LogP contribution < -0.4 is 0 Å². The summed E-state index contributed by atoms with van der Waals surface area (Å²) in [6.07, 6.45) is 3.53. The van der Waals surface area contributed by atoms with E-state index in [-0.39, 0.29) is 5.92 Å². The van der Waals surface area contributed by atoms with E-state index in [1.165, 1.54) is 6.42 Å². The maximum absolute atomic E-state index is 11.5. The third kappa shape index (κ3) is 2.05. The minimum Gasteiger partial charge on any atom is -0.299 e. The number of hydrogen-bond acceptors (Lipinski definition) is 1. The van der Waals surface area contributed by atoms with Crippen molar-refractivity contribution in [3.63, 3.8) is 0 Å². The van der Waals surface area contributed by atoms with Crippen molar-refractivity contribution in [1.82, 2.24) is 0 Å². The van der Waals surface area contributed by atoms with E-state index in [1.54, 1.807) is 0 Å². The fraction of sp³-hybridized carbons (Fsp3) is 0.900. The number of hydrogen-bond donors (Lipinski definition) is 0. The Bertz CT molecular complexity index is 149. The van der Waals surface area contributed by atoms with Crippen molar-refractivity contribution < 1.29 is 4.79 Å². The van der Waals surface area contributed by atoms with E-state index >= 15 is 0 Å². The summed E-state index contributed by atoms with van der Waals surface area (Å²) >= 11 is 0. The molecule has 0 aromatic heterocycles. The van der Waals surface area contributed by atoms with Gasteiger partial charge in [-0.1, -0.05) is 20.8 Å². The lowest BCUT2D eigenvalue weighted by atomic mass is 9.93. The van der Waals surface area contributed by atoms with Gasteiger partial charge in [0.1, 0.15) is 5.78 Å². The molecule has 2 atom stereocenters. The van der Waals surface area contributed by atoms with E-state index in [9.17, 15) is 4.79 Å². The summed E-state index contributed by atoms with van der Waals surface area (Å²) in [4.78, 5) is 11.5. The summed E-state index contributed by atoms with van der Waals surface area (Å²) in [5.74, 6) is 1.90. The molecule has 0 radical (unpaired) electrons. The predicted molar refractivity (Wildman–Crippen MR) is 46.4 cm³/mol. The van der Waals surface area contributed by atoms with Crippen LogP contribution in [0.5, 0.6) is 0 Å². The van der Waals surface area contributed by atoms with Crippen LogP contribution >= 0.6 is 0 Å². The molecule has 1 saturated carbocycles. The molecular weight excluding hydrogens is 136 g/mol. The molecule has 1 fully saturated rings. The van der Waals surface area contributed by atoms with Crippen molar-refractivity contribution in [3.05, 3.63) is 0 Å². The molecule has 1 rings (SSSR count). The quantitative estimate of drug-likeness (QED) is 0.597. The van der Waals surface area contributed by atoms with Gasteiger partial charge in [-0.3, -0.25) is 4.79 Å². The Morgan fingerprint density at radius 2 is 2.00 bits per heavy atom. The van der Waals surface area contributed by atoms with E-state index < -0.39 is 0 Å². The van der Waals surface area contributed by atoms with Crippen LogP contribution in [0.3, 0.4) is 0 Å². The Hall–Kier alpha value is -0.330. The lowest BCUT2D eigenvalue weighted by Crippen LogP contribution is -2.17. The van der Waals surface area contributed by atoms with E-state index in [4.69, 9.17) is 0 Å². The average molecular weight is 154 g/mol. The number of carbonyl (C=O) groups is 1. The van der Waals surface area contributed by atoms with E-state index in [1.807, 2.05) is 13.8 Å². The highest BCUT2D eigenvalue weighted by atomic mass is 16.1. The molecule has 1 nitrogen and oxygen atoms in total. The molecule has 1 heteroatoms. The molecule has 0 bridgehead atoms. The molecule has 64 valence electrons. The largest absolute Gasteiger partial charge is 0.299 e. The van der Waals surface area contributed by atoms with Crippen LogP contribution in [0.2, 0.25) is 0 Å². The maximum atomic E-state index is 11.5. The zero-order chi connectivity index (χ0) is 8.43. The third-order valence-corrected chi connectivity index (χ3v) is 2.67. The van der Waals surface area contributed by atoms with Gasteiger partial charge in [0.25, 0.3) is 0 Å². The monoisotopic (exact) mass is 154 g/mol. The van der Waals surface area contributed by atoms with Crippen molar-refractivity contribution in [1.29, 1.82) is 0 Å². The van der Waals surface area contributed by atoms with Crippen molar-refractivity contribution in [2.75, 3.05) is 0 Å². The third-order valence-electron chi connectivity index (χ3n) is 2.67. The molecule has 1 aliphatic carbocycles. The number of ketones is 1. The zero-order valence-electron chi connectivity index (χ0n) is 7.76. The van der Waals surface area contributed by atoms with Crippen LogP contribution in [0.4, 0.5) is 0 Å². The highest BCUT2D eigenvalue weighted by molar-refractivity contribution is 5.83. The number of rotatable bonds is 2. The van der Waals surface area contributed by atoms with Gasteiger partial charge in [-0.25, -0.2) is 0 Å². The average Bonchev–Trinajstić information content (AvgIpc) is 2.34. The Morgan fingerprint density at radius 1 is 1.36 bits per heavy atom. The molecule has 0 aromatic rings. The second-order valence-corrected chi connectivity index (χ2v) is 4.17. The van der Waals surface area contributed by atoms with Crippen molar-refractivity contribution in [2.45, 2.75) is 40.0 Å². The minimum atomic E-state index is 0.241. The second kappa shape index (κ2) is 3.38. The van der Waals surface area contributed by atoms with Crippen LogP contribution in [-0.2, 0) is 4.79 Å². The van der Waals surface area contributed by atoms with E-state index in [2.05, 4.69) is 6.92 Å². The van der Waals surface area contributed by atoms with Crippen LogP contribution in [0.25, 0.3) is 0 Å². The molecule has 2 unspecified atom stereocenters. The molecule has 0 saturated heterocycles. The molecule has 0 N–H and O–H groups in total. The van der Waals surface area contributed by atoms with Gasteiger partial charge in [-0.05, 0) is 25.2 Å². The van der Waals surface area contributed by atoms with E-state index in [0.29, 0.717) is 11.7 Å². The Kier molecular flexibility index (Phi) is 2.69. The highest BCUT2D eigenvalue weighted by Gasteiger charge is 2.28. The first-order valence-electron chi connectivity index (χ1n) is 4.65. The topological polar surface area (TPSA) is 17.1 Å². The van der Waals surface area contributed by atoms with Gasteiger partial charge in [-0.15, -0.1) is 0 Å². The Morgan fingerprint density at radius 3 is 2.36 bits per heavy atom. The number of carbonyl (C=O) groups excluding carboxylic acids is 1. The minimum absolute atomic E-state index is 0.241. The molecule has 0 aromatic carbocycles. The van der Waals surface area contributed by atoms with Gasteiger partial charge in [-0.2, -0.15) is 0 Å². The van der Waals surface area contributed by atoms with Gasteiger partial charge in [0.2, 0.25) is 0 Å². The first-order chi connectivity index (χ1) is 5.11. The first kappa shape index (κ1) is 8.76. The lowest BCUT2D eigenvalue weighted by molar-refractivity contribution is -0.125. The molecular formula is C10H18O. The normalized spacial score (nSPS) is 31.3. The van der Waals surface area contributed by atoms with Crippen LogP contribution in [-0.4, -0.2) is 5.78 Å². The van der Waals surface area contributed by atoms with Crippen molar-refractivity contribution in [3.8, 4) is 0 Å². The van der Waals surface area contributed by atoms with Crippen LogP contribution in [0, 0.1) is 17.8 Å². The summed E-state index contributed by atoms with van der Waals surface area (Å²) < 4.78 is 0. The van der Waals surface area contributed by atoms with Gasteiger partial charge >= 0.3 is 0 Å². The van der Waals surface area contributed by atoms with Gasteiger partial charge < -0.3 is 0 Å². The van der Waals surface area contributed by atoms with Gasteiger partial charge in [0, 0.05) is 11.8 Å². The Balaban J connectivity index is 2.43. The summed E-state index contributed by atoms with van der Waals surface area (Å²) in [6.45, 7) is 6.25. The standard InChI is InChI=1S/C10H18O/c1-7(2)10(11)9-5-4-8(3)6-9/h7-9H,4-6H2,1-3H3.